The number of urea groups is 1. The zero-order valence-electron chi connectivity index (χ0n) is 16.4. The quantitative estimate of drug-likeness (QED) is 0.575. The summed E-state index contributed by atoms with van der Waals surface area (Å²) in [5.41, 5.74) is 3.29. The molecule has 0 radical (unpaired) electrons. The van der Waals surface area contributed by atoms with Crippen LogP contribution >= 0.6 is 0 Å². The van der Waals surface area contributed by atoms with Gasteiger partial charge in [0, 0.05) is 19.6 Å². The molecule has 6 unspecified atom stereocenters. The molecule has 0 saturated carbocycles. The van der Waals surface area contributed by atoms with E-state index in [-0.39, 0.29) is 48.5 Å². The highest BCUT2D eigenvalue weighted by molar-refractivity contribution is 5.79. The highest BCUT2D eigenvalue weighted by Gasteiger charge is 2.51. The van der Waals surface area contributed by atoms with Gasteiger partial charge < -0.3 is 14.5 Å². The Bertz CT molecular complexity index is 547. The summed E-state index contributed by atoms with van der Waals surface area (Å²) in [6.07, 6.45) is 1.66. The number of nitrogens with zero attached hydrogens (tertiary/aromatic N) is 3. The van der Waals surface area contributed by atoms with E-state index in [1.807, 2.05) is 28.8 Å². The monoisotopic (exact) mass is 368 g/mol. The van der Waals surface area contributed by atoms with E-state index >= 15 is 0 Å². The van der Waals surface area contributed by atoms with Gasteiger partial charge in [-0.2, -0.15) is 0 Å². The van der Waals surface area contributed by atoms with Crippen LogP contribution in [-0.4, -0.2) is 84.6 Å². The molecular weight excluding hydrogens is 336 g/mol. The fourth-order valence-corrected chi connectivity index (χ4v) is 4.31. The minimum absolute atomic E-state index is 0.0324. The summed E-state index contributed by atoms with van der Waals surface area (Å²) < 4.78 is 4.93. The number of amides is 2. The molecule has 0 spiro atoms. The van der Waals surface area contributed by atoms with Gasteiger partial charge in [-0.05, 0) is 26.7 Å². The molecule has 3 heterocycles. The first-order valence-corrected chi connectivity index (χ1v) is 9.52. The summed E-state index contributed by atoms with van der Waals surface area (Å²) in [5, 5.41) is 8.88. The lowest BCUT2D eigenvalue weighted by atomic mass is 9.92. The molecule has 26 heavy (non-hydrogen) atoms. The van der Waals surface area contributed by atoms with Gasteiger partial charge in [0.25, 0.3) is 0 Å². The third kappa shape index (κ3) is 3.40. The molecule has 0 aromatic carbocycles. The maximum absolute atomic E-state index is 13.2. The zero-order chi connectivity index (χ0) is 19.0. The lowest BCUT2D eigenvalue weighted by Gasteiger charge is -2.38. The number of carbonyl (C=O) groups is 2. The number of carbonyl (C=O) groups excluding carboxylic acids is 2. The Morgan fingerprint density at radius 3 is 2.73 bits per heavy atom. The van der Waals surface area contributed by atoms with E-state index in [2.05, 4.69) is 29.9 Å². The van der Waals surface area contributed by atoms with Crippen LogP contribution in [0.5, 0.6) is 0 Å². The number of fused-ring (bicyclic) bond motifs is 1. The number of nitrogens with one attached hydrogen (secondary N) is 3. The molecule has 3 aliphatic rings. The smallest absolute Gasteiger partial charge is 0.322 e. The van der Waals surface area contributed by atoms with E-state index in [0.29, 0.717) is 19.5 Å². The van der Waals surface area contributed by atoms with Crippen LogP contribution in [0.25, 0.3) is 0 Å². The van der Waals surface area contributed by atoms with Crippen molar-refractivity contribution >= 4 is 12.0 Å². The second-order valence-corrected chi connectivity index (χ2v) is 7.62. The third-order valence-electron chi connectivity index (χ3n) is 5.91. The first-order chi connectivity index (χ1) is 12.4. The van der Waals surface area contributed by atoms with Crippen LogP contribution in [0.2, 0.25) is 0 Å². The summed E-state index contributed by atoms with van der Waals surface area (Å²) in [4.78, 5) is 29.1. The number of ether oxygens (including phenoxy) is 1. The largest absolute Gasteiger partial charge is 0.469 e. The zero-order valence-corrected chi connectivity index (χ0v) is 16.4. The van der Waals surface area contributed by atoms with Crippen LogP contribution in [0, 0.1) is 5.92 Å². The number of methoxy groups -OCH3 is 1. The molecule has 3 fully saturated rings. The topological polar surface area (TPSA) is 89.2 Å². The van der Waals surface area contributed by atoms with Gasteiger partial charge in [0.15, 0.2) is 0 Å². The molecule has 6 atom stereocenters. The minimum atomic E-state index is -0.222. The average Bonchev–Trinajstić information content (AvgIpc) is 3.09. The van der Waals surface area contributed by atoms with Crippen LogP contribution in [0.15, 0.2) is 0 Å². The third-order valence-corrected chi connectivity index (χ3v) is 5.91. The van der Waals surface area contributed by atoms with Crippen LogP contribution in [-0.2, 0) is 9.53 Å². The van der Waals surface area contributed by atoms with Gasteiger partial charge in [-0.25, -0.2) is 15.2 Å². The van der Waals surface area contributed by atoms with Crippen LogP contribution in [0.1, 0.15) is 33.6 Å². The molecule has 3 saturated heterocycles. The van der Waals surface area contributed by atoms with Crippen LogP contribution in [0.3, 0.4) is 0 Å². The van der Waals surface area contributed by atoms with Crippen molar-refractivity contribution in [3.63, 3.8) is 0 Å². The van der Waals surface area contributed by atoms with Gasteiger partial charge >= 0.3 is 12.0 Å². The molecular formula is C17H32N6O3. The predicted molar refractivity (Wildman–Crippen MR) is 96.7 cm³/mol. The molecule has 9 heteroatoms. The molecule has 9 nitrogen and oxygen atoms in total. The molecule has 0 aromatic heterocycles. The lowest BCUT2D eigenvalue weighted by molar-refractivity contribution is -0.147. The SMILES string of the molecule is CCC(C)N1C(=O)N(CC2NC(C)NN2C)C2CC(C(=O)OC)CNC21. The van der Waals surface area contributed by atoms with Gasteiger partial charge in [-0.3, -0.25) is 15.4 Å². The molecule has 2 amide bonds. The Kier molecular flexibility index (Phi) is 5.71. The second kappa shape index (κ2) is 7.67. The number of hydrogen-bond donors (Lipinski definition) is 3. The molecule has 3 rings (SSSR count). The van der Waals surface area contributed by atoms with Crippen molar-refractivity contribution in [2.45, 2.75) is 64.2 Å². The van der Waals surface area contributed by atoms with Gasteiger partial charge in [-0.15, -0.1) is 0 Å². The summed E-state index contributed by atoms with van der Waals surface area (Å²) in [7, 11) is 3.39. The fourth-order valence-electron chi connectivity index (χ4n) is 4.31. The number of hydrogen-bond acceptors (Lipinski definition) is 7. The van der Waals surface area contributed by atoms with Crippen molar-refractivity contribution in [2.75, 3.05) is 27.2 Å². The number of esters is 1. The lowest BCUT2D eigenvalue weighted by Crippen LogP contribution is -2.58. The highest BCUT2D eigenvalue weighted by Crippen LogP contribution is 2.32. The highest BCUT2D eigenvalue weighted by atomic mass is 16.5. The molecule has 3 N–H and O–H groups in total. The van der Waals surface area contributed by atoms with E-state index in [9.17, 15) is 9.59 Å². The molecule has 3 aliphatic heterocycles. The van der Waals surface area contributed by atoms with E-state index in [1.54, 1.807) is 0 Å². The molecule has 0 aliphatic carbocycles. The van der Waals surface area contributed by atoms with Gasteiger partial charge in [0.05, 0.1) is 37.9 Å². The first-order valence-electron chi connectivity index (χ1n) is 9.52. The standard InChI is InChI=1S/C17H32N6O3/c1-6-10(2)23-15-13(7-12(8-18-15)16(24)26-5)22(17(23)25)9-14-19-11(3)20-21(14)4/h10-15,18-20H,6-9H2,1-5H3. The van der Waals surface area contributed by atoms with Crippen molar-refractivity contribution in [2.24, 2.45) is 5.92 Å². The maximum Gasteiger partial charge on any atom is 0.322 e. The minimum Gasteiger partial charge on any atom is -0.469 e. The molecule has 0 aromatic rings. The van der Waals surface area contributed by atoms with E-state index in [1.165, 1.54) is 7.11 Å². The molecule has 0 bridgehead atoms. The van der Waals surface area contributed by atoms with Crippen molar-refractivity contribution < 1.29 is 14.3 Å². The first kappa shape index (κ1) is 19.3. The summed E-state index contributed by atoms with van der Waals surface area (Å²) in [6.45, 7) is 7.33. The van der Waals surface area contributed by atoms with Crippen molar-refractivity contribution in [3.8, 4) is 0 Å². The van der Waals surface area contributed by atoms with E-state index in [0.717, 1.165) is 6.42 Å². The second-order valence-electron chi connectivity index (χ2n) is 7.62. The van der Waals surface area contributed by atoms with Crippen LogP contribution in [0.4, 0.5) is 4.79 Å². The van der Waals surface area contributed by atoms with E-state index < -0.39 is 0 Å². The van der Waals surface area contributed by atoms with Gasteiger partial charge in [0.1, 0.15) is 6.17 Å². The van der Waals surface area contributed by atoms with E-state index in [4.69, 9.17) is 4.74 Å². The summed E-state index contributed by atoms with van der Waals surface area (Å²) in [6, 6.07) is 0.149. The number of hydrazine groups is 1. The number of likely N-dealkylation sites (N-methyl/N-ethyl adjacent to an activating group) is 1. The van der Waals surface area contributed by atoms with Crippen molar-refractivity contribution in [1.82, 2.24) is 30.9 Å². The summed E-state index contributed by atoms with van der Waals surface area (Å²) >= 11 is 0. The Labute approximate surface area is 155 Å². The predicted octanol–water partition coefficient (Wildman–Crippen LogP) is -0.289. The van der Waals surface area contributed by atoms with Crippen molar-refractivity contribution in [3.05, 3.63) is 0 Å². The summed E-state index contributed by atoms with van der Waals surface area (Å²) in [5.74, 6) is -0.434. The Balaban J connectivity index is 1.81. The fraction of sp³-hybridized carbons (Fsp3) is 0.882. The Hall–Kier alpha value is -1.42. The van der Waals surface area contributed by atoms with Crippen molar-refractivity contribution in [1.29, 1.82) is 0 Å². The maximum atomic E-state index is 13.2. The number of piperidine rings is 1. The molecule has 148 valence electrons. The Morgan fingerprint density at radius 2 is 2.15 bits per heavy atom. The normalized spacial score (nSPS) is 36.3. The number of rotatable bonds is 5. The van der Waals surface area contributed by atoms with Gasteiger partial charge in [-0.1, -0.05) is 6.92 Å². The van der Waals surface area contributed by atoms with Gasteiger partial charge in [0.2, 0.25) is 0 Å². The average molecular weight is 368 g/mol. The Morgan fingerprint density at radius 1 is 1.42 bits per heavy atom. The van der Waals surface area contributed by atoms with Crippen LogP contribution < -0.4 is 16.1 Å².